The molecule has 1 fully saturated rings. The molecule has 28 heavy (non-hydrogen) atoms. The number of ether oxygens (including phenoxy) is 1. The van der Waals surface area contributed by atoms with E-state index < -0.39 is 0 Å². The fourth-order valence-electron chi connectivity index (χ4n) is 3.60. The van der Waals surface area contributed by atoms with Crippen LogP contribution in [0.25, 0.3) is 10.3 Å². The number of rotatable bonds is 6. The van der Waals surface area contributed by atoms with E-state index in [2.05, 4.69) is 20.2 Å². The van der Waals surface area contributed by atoms with E-state index in [9.17, 15) is 4.79 Å². The number of amides is 1. The van der Waals surface area contributed by atoms with Crippen LogP contribution < -0.4 is 15.0 Å². The van der Waals surface area contributed by atoms with Gasteiger partial charge in [-0.25, -0.2) is 9.97 Å². The number of aromatic nitrogens is 2. The van der Waals surface area contributed by atoms with Crippen LogP contribution in [0.3, 0.4) is 0 Å². The number of piperidine rings is 1. The van der Waals surface area contributed by atoms with Crippen LogP contribution in [-0.4, -0.2) is 42.6 Å². The lowest BCUT2D eigenvalue weighted by Gasteiger charge is -2.31. The Hall–Kier alpha value is -2.67. The van der Waals surface area contributed by atoms with Crippen LogP contribution in [0.1, 0.15) is 18.4 Å². The number of fused-ring (bicyclic) bond motifs is 1. The van der Waals surface area contributed by atoms with Crippen molar-refractivity contribution < 1.29 is 9.53 Å². The summed E-state index contributed by atoms with van der Waals surface area (Å²) < 4.78 is 5.37. The van der Waals surface area contributed by atoms with Crippen LogP contribution in [0.15, 0.2) is 42.6 Å². The Bertz CT molecular complexity index is 917. The fourth-order valence-corrected chi connectivity index (χ4v) is 4.56. The molecule has 1 aromatic carbocycles. The van der Waals surface area contributed by atoms with Crippen molar-refractivity contribution in [3.05, 3.63) is 48.2 Å². The zero-order valence-electron chi connectivity index (χ0n) is 15.9. The molecule has 0 saturated carbocycles. The minimum absolute atomic E-state index is 0.0708. The molecule has 1 amide bonds. The van der Waals surface area contributed by atoms with Gasteiger partial charge in [-0.15, -0.1) is 0 Å². The molecule has 1 aliphatic heterocycles. The maximum Gasteiger partial charge on any atom is 0.223 e. The summed E-state index contributed by atoms with van der Waals surface area (Å²) in [7, 11) is 1.67. The van der Waals surface area contributed by atoms with Gasteiger partial charge in [-0.1, -0.05) is 29.5 Å². The summed E-state index contributed by atoms with van der Waals surface area (Å²) in [6.07, 6.45) is 4.27. The first-order valence-corrected chi connectivity index (χ1v) is 10.4. The molecule has 0 spiro atoms. The molecule has 6 nitrogen and oxygen atoms in total. The fraction of sp³-hybridized carbons (Fsp3) is 0.381. The smallest absolute Gasteiger partial charge is 0.223 e. The summed E-state index contributed by atoms with van der Waals surface area (Å²) in [5.41, 5.74) is 2.06. The van der Waals surface area contributed by atoms with E-state index in [0.717, 1.165) is 59.1 Å². The van der Waals surface area contributed by atoms with Gasteiger partial charge < -0.3 is 15.0 Å². The topological polar surface area (TPSA) is 67.3 Å². The zero-order chi connectivity index (χ0) is 19.3. The van der Waals surface area contributed by atoms with Gasteiger partial charge in [-0.05, 0) is 43.0 Å². The number of hydrogen-bond acceptors (Lipinski definition) is 6. The van der Waals surface area contributed by atoms with E-state index in [1.54, 1.807) is 24.6 Å². The minimum Gasteiger partial charge on any atom is -0.496 e. The van der Waals surface area contributed by atoms with E-state index in [1.165, 1.54) is 0 Å². The molecule has 2 aromatic heterocycles. The molecule has 4 rings (SSSR count). The Kier molecular flexibility index (Phi) is 5.71. The van der Waals surface area contributed by atoms with Crippen molar-refractivity contribution in [2.75, 3.05) is 31.6 Å². The van der Waals surface area contributed by atoms with Gasteiger partial charge in [-0.2, -0.15) is 0 Å². The third-order valence-corrected chi connectivity index (χ3v) is 6.22. The van der Waals surface area contributed by atoms with Crippen LogP contribution in [0, 0.1) is 5.92 Å². The Morgan fingerprint density at radius 2 is 2.07 bits per heavy atom. The molecule has 1 saturated heterocycles. The van der Waals surface area contributed by atoms with Crippen molar-refractivity contribution in [2.45, 2.75) is 19.3 Å². The second kappa shape index (κ2) is 8.56. The number of carbonyl (C=O) groups is 1. The molecular formula is C21H24N4O2S. The predicted molar refractivity (Wildman–Crippen MR) is 112 cm³/mol. The highest BCUT2D eigenvalue weighted by Gasteiger charge is 2.26. The van der Waals surface area contributed by atoms with Gasteiger partial charge in [0.2, 0.25) is 5.91 Å². The summed E-state index contributed by atoms with van der Waals surface area (Å²) in [5, 5.41) is 4.10. The first-order chi connectivity index (χ1) is 13.7. The van der Waals surface area contributed by atoms with Crippen LogP contribution in [-0.2, 0) is 11.2 Å². The lowest BCUT2D eigenvalue weighted by atomic mass is 9.96. The third kappa shape index (κ3) is 4.09. The average molecular weight is 397 g/mol. The van der Waals surface area contributed by atoms with Gasteiger partial charge in [0.15, 0.2) is 5.13 Å². The van der Waals surface area contributed by atoms with Crippen LogP contribution in [0.2, 0.25) is 0 Å². The van der Waals surface area contributed by atoms with E-state index in [1.807, 2.05) is 36.4 Å². The Labute approximate surface area is 168 Å². The normalized spacial score (nSPS) is 15.0. The summed E-state index contributed by atoms with van der Waals surface area (Å²) in [5.74, 6) is 1.09. The number of benzene rings is 1. The van der Waals surface area contributed by atoms with Crippen molar-refractivity contribution in [1.29, 1.82) is 0 Å². The highest BCUT2D eigenvalue weighted by Crippen LogP contribution is 2.30. The number of methoxy groups -OCH3 is 1. The number of nitrogens with one attached hydrogen (secondary N) is 1. The summed E-state index contributed by atoms with van der Waals surface area (Å²) in [6.45, 7) is 2.33. The predicted octanol–water partition coefficient (Wildman–Crippen LogP) is 3.28. The number of nitrogens with zero attached hydrogens (tertiary/aromatic N) is 3. The molecule has 0 atom stereocenters. The summed E-state index contributed by atoms with van der Waals surface area (Å²) in [4.78, 5) is 24.8. The number of para-hydroxylation sites is 1. The lowest BCUT2D eigenvalue weighted by molar-refractivity contribution is -0.125. The van der Waals surface area contributed by atoms with E-state index in [-0.39, 0.29) is 11.8 Å². The minimum atomic E-state index is 0.0708. The van der Waals surface area contributed by atoms with Crippen molar-refractivity contribution in [3.8, 4) is 5.75 Å². The van der Waals surface area contributed by atoms with Crippen molar-refractivity contribution in [3.63, 3.8) is 0 Å². The Morgan fingerprint density at radius 3 is 2.86 bits per heavy atom. The van der Waals surface area contributed by atoms with E-state index in [0.29, 0.717) is 6.54 Å². The molecule has 7 heteroatoms. The number of pyridine rings is 1. The highest BCUT2D eigenvalue weighted by atomic mass is 32.1. The van der Waals surface area contributed by atoms with E-state index in [4.69, 9.17) is 4.74 Å². The van der Waals surface area contributed by atoms with Crippen molar-refractivity contribution >= 4 is 32.7 Å². The highest BCUT2D eigenvalue weighted by molar-refractivity contribution is 7.21. The molecule has 3 heterocycles. The largest absolute Gasteiger partial charge is 0.496 e. The monoisotopic (exact) mass is 396 g/mol. The number of anilines is 1. The molecule has 1 N–H and O–H groups in total. The standard InChI is InChI=1S/C21H24N4O2S/c1-27-18-7-3-2-5-15(18)8-12-22-19(26)16-9-13-25(14-10-16)21-24-17-6-4-11-23-20(17)28-21/h2-7,11,16H,8-10,12-14H2,1H3,(H,22,26). The first-order valence-electron chi connectivity index (χ1n) is 9.60. The zero-order valence-corrected chi connectivity index (χ0v) is 16.7. The molecule has 0 aliphatic carbocycles. The number of hydrogen-bond donors (Lipinski definition) is 1. The van der Waals surface area contributed by atoms with Crippen molar-refractivity contribution in [2.24, 2.45) is 5.92 Å². The molecule has 146 valence electrons. The molecule has 0 radical (unpaired) electrons. The van der Waals surface area contributed by atoms with Gasteiger partial charge in [0.1, 0.15) is 16.1 Å². The maximum absolute atomic E-state index is 12.5. The van der Waals surface area contributed by atoms with Gasteiger partial charge in [-0.3, -0.25) is 4.79 Å². The second-order valence-corrected chi connectivity index (χ2v) is 7.89. The van der Waals surface area contributed by atoms with Crippen LogP contribution >= 0.6 is 11.3 Å². The van der Waals surface area contributed by atoms with E-state index >= 15 is 0 Å². The van der Waals surface area contributed by atoms with Crippen LogP contribution in [0.4, 0.5) is 5.13 Å². The number of carbonyl (C=O) groups excluding carboxylic acids is 1. The van der Waals surface area contributed by atoms with Crippen molar-refractivity contribution in [1.82, 2.24) is 15.3 Å². The Balaban J connectivity index is 1.27. The SMILES string of the molecule is COc1ccccc1CCNC(=O)C1CCN(c2nc3cccnc3s2)CC1. The second-order valence-electron chi connectivity index (χ2n) is 6.94. The quantitative estimate of drug-likeness (QED) is 0.693. The Morgan fingerprint density at radius 1 is 1.25 bits per heavy atom. The number of thiazole rings is 1. The summed E-state index contributed by atoms with van der Waals surface area (Å²) in [6, 6.07) is 11.8. The van der Waals surface area contributed by atoms with Gasteiger partial charge in [0.25, 0.3) is 0 Å². The van der Waals surface area contributed by atoms with Crippen LogP contribution in [0.5, 0.6) is 5.75 Å². The van der Waals surface area contributed by atoms with Gasteiger partial charge in [0.05, 0.1) is 7.11 Å². The lowest BCUT2D eigenvalue weighted by Crippen LogP contribution is -2.41. The molecule has 1 aliphatic rings. The molecule has 3 aromatic rings. The molecule has 0 bridgehead atoms. The van der Waals surface area contributed by atoms with Gasteiger partial charge in [0, 0.05) is 31.7 Å². The third-order valence-electron chi connectivity index (χ3n) is 5.18. The average Bonchev–Trinajstić information content (AvgIpc) is 3.18. The first kappa shape index (κ1) is 18.7. The molecule has 0 unspecified atom stereocenters. The summed E-state index contributed by atoms with van der Waals surface area (Å²) >= 11 is 1.62. The molecular weight excluding hydrogens is 372 g/mol. The van der Waals surface area contributed by atoms with Gasteiger partial charge >= 0.3 is 0 Å². The maximum atomic E-state index is 12.5.